The maximum absolute atomic E-state index is 11.7. The van der Waals surface area contributed by atoms with Crippen LogP contribution in [0.25, 0.3) is 10.9 Å². The van der Waals surface area contributed by atoms with E-state index in [9.17, 15) is 4.79 Å². The van der Waals surface area contributed by atoms with Gasteiger partial charge < -0.3 is 4.57 Å². The topological polar surface area (TPSA) is 22.0 Å². The summed E-state index contributed by atoms with van der Waals surface area (Å²) in [5, 5.41) is 1.04. The molecule has 0 fully saturated rings. The smallest absolute Gasteiger partial charge is 0.152 e. The number of rotatable bonds is 4. The minimum atomic E-state index is 0.240. The summed E-state index contributed by atoms with van der Waals surface area (Å²) in [5.74, 6) is 0.240. The van der Waals surface area contributed by atoms with Gasteiger partial charge in [0.05, 0.1) is 0 Å². The molecule has 21 heavy (non-hydrogen) atoms. The third-order valence-electron chi connectivity index (χ3n) is 4.25. The van der Waals surface area contributed by atoms with Crippen molar-refractivity contribution in [3.05, 3.63) is 71.4 Å². The van der Waals surface area contributed by atoms with Crippen molar-refractivity contribution in [3.8, 4) is 0 Å². The lowest BCUT2D eigenvalue weighted by atomic mass is 9.90. The lowest BCUT2D eigenvalue weighted by molar-refractivity contribution is 0.112. The van der Waals surface area contributed by atoms with Crippen LogP contribution in [-0.2, 0) is 7.05 Å². The van der Waals surface area contributed by atoms with Crippen molar-refractivity contribution in [3.63, 3.8) is 0 Å². The molecule has 0 amide bonds. The minimum Gasteiger partial charge on any atom is -0.346 e. The van der Waals surface area contributed by atoms with Crippen LogP contribution in [0.15, 0.2) is 54.6 Å². The zero-order chi connectivity index (χ0) is 14.8. The third-order valence-corrected chi connectivity index (χ3v) is 4.25. The van der Waals surface area contributed by atoms with Crippen molar-refractivity contribution in [2.75, 3.05) is 0 Å². The van der Waals surface area contributed by atoms with Crippen LogP contribution in [0.2, 0.25) is 0 Å². The van der Waals surface area contributed by atoms with Crippen LogP contribution >= 0.6 is 0 Å². The molecule has 1 aromatic heterocycles. The van der Waals surface area contributed by atoms with E-state index in [4.69, 9.17) is 0 Å². The first-order valence-corrected chi connectivity index (χ1v) is 7.35. The molecule has 0 bridgehead atoms. The Bertz CT molecular complexity index is 771. The van der Waals surface area contributed by atoms with Gasteiger partial charge in [0.2, 0.25) is 0 Å². The first kappa shape index (κ1) is 13.6. The van der Waals surface area contributed by atoms with Gasteiger partial charge in [-0.15, -0.1) is 0 Å². The summed E-state index contributed by atoms with van der Waals surface area (Å²) in [6.07, 6.45) is 1.97. The van der Waals surface area contributed by atoms with Gasteiger partial charge in [-0.1, -0.05) is 55.5 Å². The van der Waals surface area contributed by atoms with Gasteiger partial charge in [-0.05, 0) is 18.1 Å². The van der Waals surface area contributed by atoms with Crippen LogP contribution in [0.4, 0.5) is 0 Å². The average Bonchev–Trinajstić information content (AvgIpc) is 2.82. The fraction of sp³-hybridized carbons (Fsp3) is 0.211. The van der Waals surface area contributed by atoms with E-state index in [-0.39, 0.29) is 5.92 Å². The van der Waals surface area contributed by atoms with E-state index >= 15 is 0 Å². The number of fused-ring (bicyclic) bond motifs is 1. The molecule has 1 heterocycles. The molecule has 0 aliphatic carbocycles. The minimum absolute atomic E-state index is 0.240. The Hall–Kier alpha value is -2.35. The molecule has 106 valence electrons. The second-order valence-electron chi connectivity index (χ2n) is 5.36. The molecule has 0 aliphatic heterocycles. The van der Waals surface area contributed by atoms with E-state index < -0.39 is 0 Å². The number of para-hydroxylation sites is 1. The second-order valence-corrected chi connectivity index (χ2v) is 5.36. The van der Waals surface area contributed by atoms with E-state index in [2.05, 4.69) is 48.9 Å². The summed E-state index contributed by atoms with van der Waals surface area (Å²) in [4.78, 5) is 11.7. The number of hydrogen-bond donors (Lipinski definition) is 0. The van der Waals surface area contributed by atoms with Gasteiger partial charge >= 0.3 is 0 Å². The lowest BCUT2D eigenvalue weighted by Crippen LogP contribution is -2.08. The second kappa shape index (κ2) is 5.57. The molecular weight excluding hydrogens is 258 g/mol. The maximum Gasteiger partial charge on any atom is 0.152 e. The normalized spacial score (nSPS) is 12.5. The fourth-order valence-corrected chi connectivity index (χ4v) is 3.26. The van der Waals surface area contributed by atoms with E-state index in [0.717, 1.165) is 34.9 Å². The number of carbonyl (C=O) groups is 1. The van der Waals surface area contributed by atoms with Crippen molar-refractivity contribution >= 4 is 17.2 Å². The molecule has 2 nitrogen and oxygen atoms in total. The molecule has 3 aromatic rings. The Kier molecular flexibility index (Phi) is 3.61. The summed E-state index contributed by atoms with van der Waals surface area (Å²) in [7, 11) is 2.05. The number of hydrogen-bond acceptors (Lipinski definition) is 1. The van der Waals surface area contributed by atoms with E-state index in [1.807, 2.05) is 24.3 Å². The third kappa shape index (κ3) is 2.17. The average molecular weight is 277 g/mol. The molecule has 3 rings (SSSR count). The Morgan fingerprint density at radius 1 is 1.05 bits per heavy atom. The highest BCUT2D eigenvalue weighted by molar-refractivity contribution is 5.99. The predicted molar refractivity (Wildman–Crippen MR) is 86.9 cm³/mol. The number of nitrogens with zero attached hydrogens (tertiary/aromatic N) is 1. The molecule has 1 unspecified atom stereocenters. The Morgan fingerprint density at radius 2 is 1.71 bits per heavy atom. The molecule has 0 aliphatic rings. The number of aromatic nitrogens is 1. The summed E-state index contributed by atoms with van der Waals surface area (Å²) in [5.41, 5.74) is 4.31. The zero-order valence-electron chi connectivity index (χ0n) is 12.4. The number of aryl methyl sites for hydroxylation is 1. The SMILES string of the molecule is CCC(c1ccccc1)c1c(C=O)c2ccccc2n1C. The van der Waals surface area contributed by atoms with Crippen molar-refractivity contribution in [2.45, 2.75) is 19.3 Å². The van der Waals surface area contributed by atoms with Gasteiger partial charge in [-0.25, -0.2) is 0 Å². The predicted octanol–water partition coefficient (Wildman–Crippen LogP) is 4.53. The quantitative estimate of drug-likeness (QED) is 0.642. The van der Waals surface area contributed by atoms with Crippen molar-refractivity contribution in [1.82, 2.24) is 4.57 Å². The first-order chi connectivity index (χ1) is 10.3. The summed E-state index contributed by atoms with van der Waals surface area (Å²) in [6, 6.07) is 18.5. The number of carbonyl (C=O) groups excluding carboxylic acids is 1. The van der Waals surface area contributed by atoms with E-state index in [1.54, 1.807) is 0 Å². The van der Waals surface area contributed by atoms with Gasteiger partial charge in [0.15, 0.2) is 6.29 Å². The summed E-state index contributed by atoms with van der Waals surface area (Å²) in [6.45, 7) is 2.17. The van der Waals surface area contributed by atoms with Crippen molar-refractivity contribution in [2.24, 2.45) is 7.05 Å². The van der Waals surface area contributed by atoms with Gasteiger partial charge in [-0.3, -0.25) is 4.79 Å². The Morgan fingerprint density at radius 3 is 2.38 bits per heavy atom. The van der Waals surface area contributed by atoms with Crippen molar-refractivity contribution in [1.29, 1.82) is 0 Å². The van der Waals surface area contributed by atoms with Gasteiger partial charge in [-0.2, -0.15) is 0 Å². The number of aldehydes is 1. The van der Waals surface area contributed by atoms with Crippen LogP contribution in [0.5, 0.6) is 0 Å². The molecule has 0 N–H and O–H groups in total. The zero-order valence-corrected chi connectivity index (χ0v) is 12.4. The largest absolute Gasteiger partial charge is 0.346 e. The lowest BCUT2D eigenvalue weighted by Gasteiger charge is -2.18. The molecule has 0 spiro atoms. The fourth-order valence-electron chi connectivity index (χ4n) is 3.26. The maximum atomic E-state index is 11.7. The van der Waals surface area contributed by atoms with E-state index in [0.29, 0.717) is 0 Å². The highest BCUT2D eigenvalue weighted by atomic mass is 16.1. The van der Waals surface area contributed by atoms with Gasteiger partial charge in [0, 0.05) is 35.1 Å². The molecule has 0 saturated carbocycles. The summed E-state index contributed by atoms with van der Waals surface area (Å²) < 4.78 is 2.17. The standard InChI is InChI=1S/C19H19NO/c1-3-15(14-9-5-4-6-10-14)19-17(13-21)16-11-7-8-12-18(16)20(19)2/h4-13,15H,3H2,1-2H3. The molecule has 2 aromatic carbocycles. The van der Waals surface area contributed by atoms with Gasteiger partial charge in [0.25, 0.3) is 0 Å². The van der Waals surface area contributed by atoms with Crippen molar-refractivity contribution < 1.29 is 4.79 Å². The molecule has 2 heteroatoms. The summed E-state index contributed by atoms with van der Waals surface area (Å²) >= 11 is 0. The molecule has 0 radical (unpaired) electrons. The van der Waals surface area contributed by atoms with Crippen LogP contribution in [0.3, 0.4) is 0 Å². The van der Waals surface area contributed by atoms with Crippen LogP contribution < -0.4 is 0 Å². The van der Waals surface area contributed by atoms with Crippen LogP contribution in [0.1, 0.15) is 40.9 Å². The molecule has 1 atom stereocenters. The van der Waals surface area contributed by atoms with Crippen LogP contribution in [0, 0.1) is 0 Å². The first-order valence-electron chi connectivity index (χ1n) is 7.35. The van der Waals surface area contributed by atoms with E-state index in [1.165, 1.54) is 5.56 Å². The monoisotopic (exact) mass is 277 g/mol. The highest BCUT2D eigenvalue weighted by Gasteiger charge is 2.22. The van der Waals surface area contributed by atoms with Crippen LogP contribution in [-0.4, -0.2) is 10.9 Å². The molecular formula is C19H19NO. The number of benzene rings is 2. The van der Waals surface area contributed by atoms with Gasteiger partial charge in [0.1, 0.15) is 0 Å². The highest BCUT2D eigenvalue weighted by Crippen LogP contribution is 2.35. The Labute approximate surface area is 125 Å². The molecule has 0 saturated heterocycles. The Balaban J connectivity index is 2.28.